The van der Waals surface area contributed by atoms with Crippen molar-refractivity contribution in [2.45, 2.75) is 97.7 Å². The van der Waals surface area contributed by atoms with Gasteiger partial charge in [0.2, 0.25) is 11.8 Å². The number of hydrogen-bond donors (Lipinski definition) is 2. The number of nitrogens with zero attached hydrogens (tertiary/aromatic N) is 1. The number of carbonyl (C=O) groups excluding carboxylic acids is 2. The van der Waals surface area contributed by atoms with Crippen LogP contribution in [0.2, 0.25) is 0 Å². The number of fused-ring (bicyclic) bond motifs is 2. The van der Waals surface area contributed by atoms with Crippen LogP contribution in [0.1, 0.15) is 80.1 Å². The second-order valence-electron chi connectivity index (χ2n) is 10.6. The van der Waals surface area contributed by atoms with E-state index in [9.17, 15) is 9.59 Å². The first-order valence-electron chi connectivity index (χ1n) is 10.3. The Bertz CT molecular complexity index is 490. The van der Waals surface area contributed by atoms with E-state index in [4.69, 9.17) is 0 Å². The molecule has 2 heterocycles. The lowest BCUT2D eigenvalue weighted by Gasteiger charge is -2.39. The molecule has 3 atom stereocenters. The van der Waals surface area contributed by atoms with Gasteiger partial charge in [0.1, 0.15) is 0 Å². The van der Waals surface area contributed by atoms with E-state index in [0.29, 0.717) is 31.0 Å². The maximum Gasteiger partial charge on any atom is 0.234 e. The third kappa shape index (κ3) is 6.90. The standard InChI is InChI=1S/C21H39N3O2/c1-20(2,3)10-9-18(25)22-13-15-11-16-7-8-17(12-15)24(16)14-19(26)23-21(4,5)6/h15-17H,7-14H2,1-6H3,(H,22,25)(H,23,26)/t15?,16-,17+. The van der Waals surface area contributed by atoms with Crippen LogP contribution in [0.5, 0.6) is 0 Å². The van der Waals surface area contributed by atoms with Gasteiger partial charge in [-0.05, 0) is 64.2 Å². The molecule has 2 rings (SSSR count). The molecule has 2 amide bonds. The van der Waals surface area contributed by atoms with E-state index in [0.717, 1.165) is 25.8 Å². The normalized spacial score (nSPS) is 26.6. The van der Waals surface area contributed by atoms with E-state index < -0.39 is 0 Å². The second kappa shape index (κ2) is 8.28. The van der Waals surface area contributed by atoms with Gasteiger partial charge in [0, 0.05) is 30.6 Å². The summed E-state index contributed by atoms with van der Waals surface area (Å²) >= 11 is 0. The van der Waals surface area contributed by atoms with Gasteiger partial charge in [-0.2, -0.15) is 0 Å². The van der Waals surface area contributed by atoms with Gasteiger partial charge >= 0.3 is 0 Å². The summed E-state index contributed by atoms with van der Waals surface area (Å²) in [6, 6.07) is 0.992. The molecule has 0 aromatic carbocycles. The Labute approximate surface area is 159 Å². The first kappa shape index (κ1) is 21.2. The summed E-state index contributed by atoms with van der Waals surface area (Å²) in [6.07, 6.45) is 6.09. The zero-order valence-corrected chi connectivity index (χ0v) is 17.7. The fraction of sp³-hybridized carbons (Fsp3) is 0.905. The van der Waals surface area contributed by atoms with Gasteiger partial charge < -0.3 is 10.6 Å². The van der Waals surface area contributed by atoms with Crippen molar-refractivity contribution in [1.29, 1.82) is 0 Å². The summed E-state index contributed by atoms with van der Waals surface area (Å²) in [5.41, 5.74) is 0.0290. The summed E-state index contributed by atoms with van der Waals surface area (Å²) in [5, 5.41) is 6.22. The quantitative estimate of drug-likeness (QED) is 0.760. The third-order valence-electron chi connectivity index (χ3n) is 5.51. The topological polar surface area (TPSA) is 61.4 Å². The van der Waals surface area contributed by atoms with Crippen LogP contribution in [-0.2, 0) is 9.59 Å². The molecule has 2 aliphatic rings. The molecule has 1 unspecified atom stereocenters. The fourth-order valence-corrected chi connectivity index (χ4v) is 4.27. The molecule has 5 nitrogen and oxygen atoms in total. The highest BCUT2D eigenvalue weighted by Crippen LogP contribution is 2.38. The van der Waals surface area contributed by atoms with Gasteiger partial charge in [0.15, 0.2) is 0 Å². The van der Waals surface area contributed by atoms with Crippen molar-refractivity contribution < 1.29 is 9.59 Å². The Hall–Kier alpha value is -1.10. The maximum absolute atomic E-state index is 12.3. The Morgan fingerprint density at radius 2 is 1.54 bits per heavy atom. The van der Waals surface area contributed by atoms with Crippen LogP contribution >= 0.6 is 0 Å². The van der Waals surface area contributed by atoms with Gasteiger partial charge in [-0.3, -0.25) is 14.5 Å². The molecular formula is C21H39N3O2. The molecule has 2 fully saturated rings. The average molecular weight is 366 g/mol. The Morgan fingerprint density at radius 1 is 0.962 bits per heavy atom. The van der Waals surface area contributed by atoms with Crippen molar-refractivity contribution >= 4 is 11.8 Å². The van der Waals surface area contributed by atoms with Gasteiger partial charge in [0.05, 0.1) is 6.54 Å². The number of rotatable bonds is 6. The second-order valence-corrected chi connectivity index (χ2v) is 10.6. The van der Waals surface area contributed by atoms with Crippen LogP contribution in [0.25, 0.3) is 0 Å². The highest BCUT2D eigenvalue weighted by Gasteiger charge is 2.41. The molecule has 0 aromatic rings. The lowest BCUT2D eigenvalue weighted by molar-refractivity contribution is -0.125. The summed E-state index contributed by atoms with van der Waals surface area (Å²) in [7, 11) is 0. The SMILES string of the molecule is CC(C)(C)CCC(=O)NCC1C[C@H]2CC[C@@H](C1)N2CC(=O)NC(C)(C)C. The summed E-state index contributed by atoms with van der Waals surface area (Å²) < 4.78 is 0. The highest BCUT2D eigenvalue weighted by molar-refractivity contribution is 5.79. The van der Waals surface area contributed by atoms with Crippen LogP contribution in [0.4, 0.5) is 0 Å². The van der Waals surface area contributed by atoms with E-state index in [1.54, 1.807) is 0 Å². The molecule has 5 heteroatoms. The molecule has 2 bridgehead atoms. The minimum Gasteiger partial charge on any atom is -0.356 e. The first-order chi connectivity index (χ1) is 11.9. The molecule has 26 heavy (non-hydrogen) atoms. The summed E-state index contributed by atoms with van der Waals surface area (Å²) in [6.45, 7) is 13.9. The van der Waals surface area contributed by atoms with Crippen LogP contribution < -0.4 is 10.6 Å². The van der Waals surface area contributed by atoms with Gasteiger partial charge in [0.25, 0.3) is 0 Å². The molecule has 0 radical (unpaired) electrons. The van der Waals surface area contributed by atoms with E-state index in [2.05, 4.69) is 36.3 Å². The molecule has 0 aromatic heterocycles. The summed E-state index contributed by atoms with van der Waals surface area (Å²) in [5.74, 6) is 0.857. The van der Waals surface area contributed by atoms with Crippen molar-refractivity contribution in [3.05, 3.63) is 0 Å². The van der Waals surface area contributed by atoms with E-state index in [1.807, 2.05) is 20.8 Å². The molecule has 0 aliphatic carbocycles. The van der Waals surface area contributed by atoms with Gasteiger partial charge in [-0.25, -0.2) is 0 Å². The zero-order valence-electron chi connectivity index (χ0n) is 17.7. The molecule has 0 saturated carbocycles. The largest absolute Gasteiger partial charge is 0.356 e. The van der Waals surface area contributed by atoms with Crippen molar-refractivity contribution in [2.24, 2.45) is 11.3 Å². The molecule has 2 saturated heterocycles. The molecular weight excluding hydrogens is 326 g/mol. The van der Waals surface area contributed by atoms with E-state index in [-0.39, 0.29) is 22.8 Å². The predicted octanol–water partition coefficient (Wildman–Crippen LogP) is 3.09. The molecule has 2 N–H and O–H groups in total. The number of carbonyl (C=O) groups is 2. The number of amides is 2. The average Bonchev–Trinajstić information content (AvgIpc) is 2.70. The van der Waals surface area contributed by atoms with Crippen molar-refractivity contribution in [3.63, 3.8) is 0 Å². The monoisotopic (exact) mass is 365 g/mol. The Kier molecular flexibility index (Phi) is 6.75. The fourth-order valence-electron chi connectivity index (χ4n) is 4.27. The molecule has 150 valence electrons. The molecule has 0 spiro atoms. The highest BCUT2D eigenvalue weighted by atomic mass is 16.2. The number of nitrogens with one attached hydrogen (secondary N) is 2. The third-order valence-corrected chi connectivity index (χ3v) is 5.51. The Morgan fingerprint density at radius 3 is 2.04 bits per heavy atom. The minimum absolute atomic E-state index is 0.128. The van der Waals surface area contributed by atoms with Crippen LogP contribution in [0, 0.1) is 11.3 Å². The lowest BCUT2D eigenvalue weighted by Crippen LogP contribution is -2.52. The smallest absolute Gasteiger partial charge is 0.234 e. The number of piperidine rings is 1. The Balaban J connectivity index is 1.75. The maximum atomic E-state index is 12.3. The van der Waals surface area contributed by atoms with Crippen molar-refractivity contribution in [3.8, 4) is 0 Å². The van der Waals surface area contributed by atoms with E-state index in [1.165, 1.54) is 12.8 Å². The predicted molar refractivity (Wildman–Crippen MR) is 106 cm³/mol. The van der Waals surface area contributed by atoms with Crippen molar-refractivity contribution in [1.82, 2.24) is 15.5 Å². The number of hydrogen-bond acceptors (Lipinski definition) is 3. The van der Waals surface area contributed by atoms with Crippen LogP contribution in [0.3, 0.4) is 0 Å². The minimum atomic E-state index is -0.175. The first-order valence-corrected chi connectivity index (χ1v) is 10.3. The van der Waals surface area contributed by atoms with Crippen LogP contribution in [-0.4, -0.2) is 47.4 Å². The molecule has 2 aliphatic heterocycles. The zero-order chi connectivity index (χ0) is 19.5. The summed E-state index contributed by atoms with van der Waals surface area (Å²) in [4.78, 5) is 26.8. The van der Waals surface area contributed by atoms with E-state index >= 15 is 0 Å². The van der Waals surface area contributed by atoms with Crippen LogP contribution in [0.15, 0.2) is 0 Å². The van der Waals surface area contributed by atoms with Gasteiger partial charge in [-0.15, -0.1) is 0 Å². The van der Waals surface area contributed by atoms with Crippen molar-refractivity contribution in [2.75, 3.05) is 13.1 Å². The van der Waals surface area contributed by atoms with Gasteiger partial charge in [-0.1, -0.05) is 20.8 Å². The lowest BCUT2D eigenvalue weighted by atomic mass is 9.89.